The average molecular weight is 532 g/mol. The molecule has 11 nitrogen and oxygen atoms in total. The number of hydrogen-bond donors (Lipinski definition) is 2. The molecule has 0 spiro atoms. The van der Waals surface area contributed by atoms with Gasteiger partial charge in [0.05, 0.1) is 25.7 Å². The lowest BCUT2D eigenvalue weighted by atomic mass is 9.98. The van der Waals surface area contributed by atoms with E-state index in [1.165, 1.54) is 0 Å². The molecular weight excluding hydrogens is 498 g/mol. The summed E-state index contributed by atoms with van der Waals surface area (Å²) < 4.78 is 1.85. The van der Waals surface area contributed by atoms with Gasteiger partial charge in [0, 0.05) is 32.9 Å². The molecule has 1 aromatic heterocycles. The van der Waals surface area contributed by atoms with Crippen molar-refractivity contribution in [3.8, 4) is 5.75 Å². The number of rotatable bonds is 6. The van der Waals surface area contributed by atoms with Gasteiger partial charge in [0.25, 0.3) is 0 Å². The van der Waals surface area contributed by atoms with Gasteiger partial charge in [-0.25, -0.2) is 19.8 Å². The lowest BCUT2D eigenvalue weighted by Crippen LogP contribution is -2.76. The van der Waals surface area contributed by atoms with Gasteiger partial charge >= 0.3 is 6.03 Å². The van der Waals surface area contributed by atoms with Crippen molar-refractivity contribution in [3.63, 3.8) is 0 Å². The van der Waals surface area contributed by atoms with Crippen LogP contribution in [-0.4, -0.2) is 84.7 Å². The second-order valence-electron chi connectivity index (χ2n) is 10.1. The molecule has 0 radical (unpaired) electrons. The molecule has 11 heteroatoms. The number of nitrogens with zero attached hydrogens (tertiary/aromatic N) is 6. The lowest BCUT2D eigenvalue weighted by molar-refractivity contribution is -0.187. The number of carbonyl (C=O) groups excluding carboxylic acids is 3. The molecule has 2 saturated heterocycles. The fourth-order valence-electron chi connectivity index (χ4n) is 5.30. The fourth-order valence-corrected chi connectivity index (χ4v) is 5.30. The summed E-state index contributed by atoms with van der Waals surface area (Å²) in [6.45, 7) is 2.25. The number of amides is 4. The maximum Gasteiger partial charge on any atom is 0.334 e. The molecule has 0 bridgehead atoms. The van der Waals surface area contributed by atoms with Crippen LogP contribution in [0.15, 0.2) is 67.0 Å². The Morgan fingerprint density at radius 1 is 1.10 bits per heavy atom. The number of phenolic OH excluding ortho intramolecular Hbond substituents is 1. The van der Waals surface area contributed by atoms with Gasteiger partial charge in [0.15, 0.2) is 0 Å². The van der Waals surface area contributed by atoms with E-state index < -0.39 is 12.2 Å². The smallest absolute Gasteiger partial charge is 0.334 e. The van der Waals surface area contributed by atoms with Crippen molar-refractivity contribution in [3.05, 3.63) is 83.9 Å². The van der Waals surface area contributed by atoms with Gasteiger partial charge in [0.1, 0.15) is 23.8 Å². The van der Waals surface area contributed by atoms with E-state index in [0.717, 1.165) is 11.1 Å². The Bertz CT molecular complexity index is 1340. The number of fused-ring (bicyclic) bond motifs is 1. The van der Waals surface area contributed by atoms with Crippen molar-refractivity contribution in [2.75, 3.05) is 20.1 Å². The summed E-state index contributed by atoms with van der Waals surface area (Å²) in [6, 6.07) is 14.8. The minimum Gasteiger partial charge on any atom is -0.508 e. The Morgan fingerprint density at radius 2 is 1.82 bits per heavy atom. The molecule has 3 aromatic rings. The molecule has 0 saturated carbocycles. The average Bonchev–Trinajstić information content (AvgIpc) is 3.32. The van der Waals surface area contributed by atoms with Gasteiger partial charge in [-0.05, 0) is 30.2 Å². The van der Waals surface area contributed by atoms with E-state index in [2.05, 4.69) is 10.3 Å². The van der Waals surface area contributed by atoms with E-state index >= 15 is 0 Å². The molecule has 1 unspecified atom stereocenters. The monoisotopic (exact) mass is 531 g/mol. The molecule has 0 aliphatic carbocycles. The molecule has 4 amide bonds. The minimum atomic E-state index is -0.823. The van der Waals surface area contributed by atoms with Crippen LogP contribution in [0, 0.1) is 0 Å². The maximum absolute atomic E-state index is 13.9. The summed E-state index contributed by atoms with van der Waals surface area (Å²) in [4.78, 5) is 48.6. The number of urea groups is 1. The Balaban J connectivity index is 1.47. The minimum absolute atomic E-state index is 0.0393. The molecule has 3 atom stereocenters. The van der Waals surface area contributed by atoms with Crippen LogP contribution in [0.1, 0.15) is 29.9 Å². The van der Waals surface area contributed by atoms with Crippen LogP contribution in [-0.2, 0) is 29.6 Å². The van der Waals surface area contributed by atoms with Crippen molar-refractivity contribution in [2.24, 2.45) is 7.05 Å². The first-order chi connectivity index (χ1) is 18.7. The van der Waals surface area contributed by atoms with E-state index in [-0.39, 0.29) is 55.7 Å². The number of aromatic hydroxyl groups is 1. The number of carbonyl (C=O) groups is 3. The van der Waals surface area contributed by atoms with Crippen molar-refractivity contribution >= 4 is 17.8 Å². The van der Waals surface area contributed by atoms with E-state index in [0.29, 0.717) is 5.82 Å². The molecule has 2 aliphatic rings. The lowest BCUT2D eigenvalue weighted by Gasteiger charge is -2.54. The number of likely N-dealkylation sites (N-methyl/N-ethyl adjacent to an activating group) is 1. The van der Waals surface area contributed by atoms with E-state index in [9.17, 15) is 19.5 Å². The summed E-state index contributed by atoms with van der Waals surface area (Å²) in [7, 11) is 3.57. The quantitative estimate of drug-likeness (QED) is 0.502. The van der Waals surface area contributed by atoms with Crippen LogP contribution in [0.3, 0.4) is 0 Å². The van der Waals surface area contributed by atoms with E-state index in [1.54, 1.807) is 57.3 Å². The highest BCUT2D eigenvalue weighted by molar-refractivity contribution is 5.91. The summed E-state index contributed by atoms with van der Waals surface area (Å²) in [5.41, 5.74) is 1.75. The summed E-state index contributed by atoms with van der Waals surface area (Å²) in [5.74, 6) is 0.383. The zero-order valence-electron chi connectivity index (χ0n) is 22.3. The third-order valence-electron chi connectivity index (χ3n) is 7.41. The molecule has 2 fully saturated rings. The number of piperazine rings is 1. The standard InChI is InChI=1S/C28H33N7O4/c1-19(21-7-5-4-6-8-21)30-28(39)35-25-17-33(16-24-29-13-14-31(24)2)27(38)23(34(25)26(37)18-32(35)3)15-20-9-11-22(36)12-10-20/h4-14,19,23,25,36H,15-18H2,1-3H3,(H,30,39)/t19-,23+,25?/m1/s1. The number of benzene rings is 2. The summed E-state index contributed by atoms with van der Waals surface area (Å²) >= 11 is 0. The Morgan fingerprint density at radius 3 is 2.49 bits per heavy atom. The Labute approximate surface area is 227 Å². The molecule has 5 rings (SSSR count). The van der Waals surface area contributed by atoms with Crippen LogP contribution in [0.2, 0.25) is 0 Å². The highest BCUT2D eigenvalue weighted by Crippen LogP contribution is 2.29. The number of nitrogens with one attached hydrogen (secondary N) is 1. The van der Waals surface area contributed by atoms with Gasteiger partial charge < -0.3 is 24.8 Å². The van der Waals surface area contributed by atoms with Gasteiger partial charge in [-0.3, -0.25) is 9.59 Å². The molecule has 2 aliphatic heterocycles. The van der Waals surface area contributed by atoms with Gasteiger partial charge in [-0.15, -0.1) is 0 Å². The SMILES string of the molecule is C[C@@H](NC(=O)N1C2CN(Cc3nccn3C)C(=O)[C@H](Cc3ccc(O)cc3)N2C(=O)CN1C)c1ccccc1. The third-order valence-corrected chi connectivity index (χ3v) is 7.41. The van der Waals surface area contributed by atoms with Crippen molar-refractivity contribution in [1.29, 1.82) is 0 Å². The number of aromatic nitrogens is 2. The fraction of sp³-hybridized carbons (Fsp3) is 0.357. The molecular formula is C28H33N7O4. The molecule has 204 valence electrons. The Kier molecular flexibility index (Phi) is 7.25. The zero-order chi connectivity index (χ0) is 27.7. The second kappa shape index (κ2) is 10.8. The van der Waals surface area contributed by atoms with Crippen LogP contribution in [0.25, 0.3) is 0 Å². The molecule has 2 N–H and O–H groups in total. The largest absolute Gasteiger partial charge is 0.508 e. The molecule has 2 aromatic carbocycles. The normalized spacial score (nSPS) is 20.6. The first-order valence-corrected chi connectivity index (χ1v) is 12.9. The summed E-state index contributed by atoms with van der Waals surface area (Å²) in [6.07, 6.45) is 3.02. The Hall–Kier alpha value is -4.38. The van der Waals surface area contributed by atoms with E-state index in [4.69, 9.17) is 0 Å². The van der Waals surface area contributed by atoms with E-state index in [1.807, 2.05) is 55.1 Å². The van der Waals surface area contributed by atoms with Crippen LogP contribution < -0.4 is 5.32 Å². The number of hydrogen-bond acceptors (Lipinski definition) is 6. The highest BCUT2D eigenvalue weighted by atomic mass is 16.3. The van der Waals surface area contributed by atoms with Gasteiger partial charge in [0.2, 0.25) is 11.8 Å². The van der Waals surface area contributed by atoms with Gasteiger partial charge in [-0.1, -0.05) is 42.5 Å². The third kappa shape index (κ3) is 5.30. The van der Waals surface area contributed by atoms with Crippen molar-refractivity contribution in [1.82, 2.24) is 34.7 Å². The highest BCUT2D eigenvalue weighted by Gasteiger charge is 2.50. The zero-order valence-corrected chi connectivity index (χ0v) is 22.3. The maximum atomic E-state index is 13.9. The number of phenols is 1. The number of imidazole rings is 1. The predicted molar refractivity (Wildman–Crippen MR) is 143 cm³/mol. The summed E-state index contributed by atoms with van der Waals surface area (Å²) in [5, 5.41) is 15.9. The van der Waals surface area contributed by atoms with Crippen LogP contribution in [0.5, 0.6) is 5.75 Å². The number of hydrazine groups is 1. The molecule has 39 heavy (non-hydrogen) atoms. The first kappa shape index (κ1) is 26.2. The predicted octanol–water partition coefficient (Wildman–Crippen LogP) is 1.87. The number of aryl methyl sites for hydroxylation is 1. The molecule has 3 heterocycles. The van der Waals surface area contributed by atoms with Crippen molar-refractivity contribution in [2.45, 2.75) is 38.1 Å². The van der Waals surface area contributed by atoms with Crippen LogP contribution in [0.4, 0.5) is 4.79 Å². The second-order valence-corrected chi connectivity index (χ2v) is 10.1. The van der Waals surface area contributed by atoms with Gasteiger partial charge in [-0.2, -0.15) is 0 Å². The first-order valence-electron chi connectivity index (χ1n) is 12.9. The topological polar surface area (TPSA) is 114 Å². The van der Waals surface area contributed by atoms with Crippen LogP contribution >= 0.6 is 0 Å². The van der Waals surface area contributed by atoms with Crippen molar-refractivity contribution < 1.29 is 19.5 Å².